The van der Waals surface area contributed by atoms with Crippen LogP contribution in [-0.4, -0.2) is 87.1 Å². The van der Waals surface area contributed by atoms with Gasteiger partial charge in [0.15, 0.2) is 0 Å². The predicted molar refractivity (Wildman–Crippen MR) is 176 cm³/mol. The molecule has 2 amide bonds. The number of nitrogens with zero attached hydrogens (tertiary/aromatic N) is 4. The van der Waals surface area contributed by atoms with Crippen LogP contribution in [0.5, 0.6) is 0 Å². The molecule has 1 N–H and O–H groups in total. The number of imide groups is 1. The minimum absolute atomic E-state index is 0. The fourth-order valence-electron chi connectivity index (χ4n) is 5.28. The van der Waals surface area contributed by atoms with E-state index in [1.165, 1.54) is 4.90 Å². The molecule has 0 unspecified atom stereocenters. The molecule has 3 aromatic rings. The number of carbonyl (C=O) groups excluding carboxylic acids is 2. The first-order valence-corrected chi connectivity index (χ1v) is 15.1. The van der Waals surface area contributed by atoms with E-state index in [1.54, 1.807) is 30.3 Å². The number of benzene rings is 3. The van der Waals surface area contributed by atoms with Crippen molar-refractivity contribution in [1.29, 1.82) is 0 Å². The molecule has 3 aromatic carbocycles. The lowest BCUT2D eigenvalue weighted by atomic mass is 10.1. The van der Waals surface area contributed by atoms with Crippen LogP contribution in [0, 0.1) is 0 Å². The lowest BCUT2D eigenvalue weighted by Gasteiger charge is -2.37. The van der Waals surface area contributed by atoms with E-state index in [0.717, 1.165) is 63.7 Å². The topological polar surface area (TPSA) is 59.1 Å². The second-order valence-corrected chi connectivity index (χ2v) is 11.6. The van der Waals surface area contributed by atoms with E-state index in [9.17, 15) is 9.59 Å². The number of halogens is 5. The van der Waals surface area contributed by atoms with Gasteiger partial charge in [0, 0.05) is 65.4 Å². The summed E-state index contributed by atoms with van der Waals surface area (Å²) in [6.07, 6.45) is 0. The van der Waals surface area contributed by atoms with Crippen LogP contribution in [0.2, 0.25) is 20.1 Å². The highest BCUT2D eigenvalue weighted by Crippen LogP contribution is 2.33. The van der Waals surface area contributed by atoms with E-state index >= 15 is 0 Å². The Morgan fingerprint density at radius 2 is 1.07 bits per heavy atom. The average Bonchev–Trinajstić information content (AvgIpc) is 3.25. The molecule has 0 atom stereocenters. The molecule has 0 radical (unpaired) electrons. The first-order chi connectivity index (χ1) is 19.8. The van der Waals surface area contributed by atoms with Gasteiger partial charge in [-0.3, -0.25) is 19.4 Å². The minimum Gasteiger partial charge on any atom is -0.368 e. The summed E-state index contributed by atoms with van der Waals surface area (Å²) in [5.41, 5.74) is 3.00. The lowest BCUT2D eigenvalue weighted by molar-refractivity contribution is 0.0635. The van der Waals surface area contributed by atoms with Gasteiger partial charge in [-0.05, 0) is 36.4 Å². The third kappa shape index (κ3) is 7.28. The Hall–Kier alpha value is -2.23. The smallest absolute Gasteiger partial charge is 0.261 e. The van der Waals surface area contributed by atoms with Gasteiger partial charge in [-0.2, -0.15) is 0 Å². The van der Waals surface area contributed by atoms with Crippen LogP contribution in [0.3, 0.4) is 0 Å². The Balaban J connectivity index is 0.000000228. The Kier molecular flexibility index (Phi) is 11.7. The highest BCUT2D eigenvalue weighted by atomic mass is 35.5. The van der Waals surface area contributed by atoms with Gasteiger partial charge in [-0.25, -0.2) is 0 Å². The normalized spacial score (nSPS) is 17.0. The maximum Gasteiger partial charge on any atom is 0.261 e. The maximum atomic E-state index is 12.4. The standard InChI is InChI=1S/C20H19Cl2N3O2.C10H12Cl2N2.ClH/c21-16-6-3-7-17(18(16)22)24-11-8-23(9-12-24)10-13-25-19(26)14-4-1-2-5-15(14)20(25)27;11-8-2-1-3-9(10(8)12)14-6-4-13-5-7-14;/h1-7H,8-13H2;1-3,13H,4-7H2;1H. The summed E-state index contributed by atoms with van der Waals surface area (Å²) < 4.78 is 0. The summed E-state index contributed by atoms with van der Waals surface area (Å²) >= 11 is 24.5. The van der Waals surface area contributed by atoms with Crippen molar-refractivity contribution in [3.63, 3.8) is 0 Å². The molecule has 2 fully saturated rings. The minimum atomic E-state index is -0.194. The van der Waals surface area contributed by atoms with E-state index in [0.29, 0.717) is 44.3 Å². The van der Waals surface area contributed by atoms with Crippen molar-refractivity contribution in [2.45, 2.75) is 0 Å². The zero-order chi connectivity index (χ0) is 28.9. The number of fused-ring (bicyclic) bond motifs is 1. The second kappa shape index (κ2) is 15.0. The van der Waals surface area contributed by atoms with E-state index in [2.05, 4.69) is 20.0 Å². The largest absolute Gasteiger partial charge is 0.368 e. The third-order valence-corrected chi connectivity index (χ3v) is 9.17. The van der Waals surface area contributed by atoms with Crippen molar-refractivity contribution in [2.24, 2.45) is 0 Å². The first-order valence-electron chi connectivity index (χ1n) is 13.6. The predicted octanol–water partition coefficient (Wildman–Crippen LogP) is 6.24. The molecule has 3 heterocycles. The lowest BCUT2D eigenvalue weighted by Crippen LogP contribution is -2.49. The van der Waals surface area contributed by atoms with Gasteiger partial charge in [0.1, 0.15) is 0 Å². The average molecular weight is 672 g/mol. The van der Waals surface area contributed by atoms with Crippen molar-refractivity contribution in [3.8, 4) is 0 Å². The third-order valence-electron chi connectivity index (χ3n) is 7.55. The zero-order valence-corrected chi connectivity index (χ0v) is 26.7. The maximum absolute atomic E-state index is 12.4. The van der Waals surface area contributed by atoms with E-state index in [1.807, 2.05) is 30.3 Å². The first kappa shape index (κ1) is 32.7. The molecule has 6 rings (SSSR count). The fourth-order valence-corrected chi connectivity index (χ4v) is 6.11. The van der Waals surface area contributed by atoms with E-state index in [4.69, 9.17) is 46.4 Å². The molecule has 224 valence electrons. The Labute approximate surface area is 272 Å². The van der Waals surface area contributed by atoms with Gasteiger partial charge in [0.05, 0.1) is 42.6 Å². The number of hydrogen-bond donors (Lipinski definition) is 1. The van der Waals surface area contributed by atoms with Crippen LogP contribution >= 0.6 is 58.8 Å². The van der Waals surface area contributed by atoms with Crippen LogP contribution in [-0.2, 0) is 0 Å². The fraction of sp³-hybridized carbons (Fsp3) is 0.333. The number of piperazine rings is 2. The van der Waals surface area contributed by atoms with Gasteiger partial charge < -0.3 is 15.1 Å². The van der Waals surface area contributed by atoms with Crippen molar-refractivity contribution in [3.05, 3.63) is 91.9 Å². The zero-order valence-electron chi connectivity index (χ0n) is 22.9. The highest BCUT2D eigenvalue weighted by molar-refractivity contribution is 6.44. The van der Waals surface area contributed by atoms with Crippen LogP contribution in [0.15, 0.2) is 60.7 Å². The van der Waals surface area contributed by atoms with Crippen LogP contribution in [0.4, 0.5) is 11.4 Å². The van der Waals surface area contributed by atoms with Gasteiger partial charge in [0.2, 0.25) is 0 Å². The molecule has 3 aliphatic rings. The number of anilines is 2. The summed E-state index contributed by atoms with van der Waals surface area (Å²) in [4.78, 5) is 33.0. The van der Waals surface area contributed by atoms with Gasteiger partial charge in [-0.15, -0.1) is 12.4 Å². The summed E-state index contributed by atoms with van der Waals surface area (Å²) in [6.45, 7) is 8.38. The molecular weight excluding hydrogens is 640 g/mol. The van der Waals surface area contributed by atoms with Gasteiger partial charge in [0.25, 0.3) is 11.8 Å². The van der Waals surface area contributed by atoms with Crippen molar-refractivity contribution >= 4 is 82.0 Å². The monoisotopic (exact) mass is 669 g/mol. The molecule has 42 heavy (non-hydrogen) atoms. The molecular formula is C30H32Cl5N5O2. The Bertz CT molecular complexity index is 1380. The van der Waals surface area contributed by atoms with E-state index < -0.39 is 0 Å². The van der Waals surface area contributed by atoms with Crippen LogP contribution in [0.25, 0.3) is 0 Å². The Morgan fingerprint density at radius 1 is 0.595 bits per heavy atom. The van der Waals surface area contributed by atoms with Crippen LogP contribution < -0.4 is 15.1 Å². The number of rotatable bonds is 5. The summed E-state index contributed by atoms with van der Waals surface area (Å²) in [6, 6.07) is 18.4. The molecule has 0 spiro atoms. The molecule has 3 aliphatic heterocycles. The number of carbonyl (C=O) groups is 2. The highest BCUT2D eigenvalue weighted by Gasteiger charge is 2.35. The Morgan fingerprint density at radius 3 is 1.57 bits per heavy atom. The summed E-state index contributed by atoms with van der Waals surface area (Å²) in [5.74, 6) is -0.389. The molecule has 12 heteroatoms. The van der Waals surface area contributed by atoms with Gasteiger partial charge >= 0.3 is 0 Å². The van der Waals surface area contributed by atoms with E-state index in [-0.39, 0.29) is 24.2 Å². The number of hydrogen-bond acceptors (Lipinski definition) is 6. The number of nitrogens with one attached hydrogen (secondary N) is 1. The molecule has 2 saturated heterocycles. The summed E-state index contributed by atoms with van der Waals surface area (Å²) in [7, 11) is 0. The molecule has 0 aliphatic carbocycles. The van der Waals surface area contributed by atoms with Crippen molar-refractivity contribution < 1.29 is 9.59 Å². The molecule has 7 nitrogen and oxygen atoms in total. The molecule has 0 aromatic heterocycles. The second-order valence-electron chi connectivity index (χ2n) is 10.0. The number of amides is 2. The van der Waals surface area contributed by atoms with Gasteiger partial charge in [-0.1, -0.05) is 70.7 Å². The van der Waals surface area contributed by atoms with Crippen LogP contribution in [0.1, 0.15) is 20.7 Å². The SMILES string of the molecule is Cl.Clc1cccc(N2CCNCC2)c1Cl.O=C1c2ccccc2C(=O)N1CCN1CCN(c2cccc(Cl)c2Cl)CC1. The molecule has 0 bridgehead atoms. The van der Waals surface area contributed by atoms with Crippen molar-refractivity contribution in [1.82, 2.24) is 15.1 Å². The summed E-state index contributed by atoms with van der Waals surface area (Å²) in [5, 5.41) is 5.73. The molecule has 0 saturated carbocycles. The van der Waals surface area contributed by atoms with Crippen molar-refractivity contribution in [2.75, 3.05) is 75.2 Å². The quantitative estimate of drug-likeness (QED) is 0.325.